The molecular formula is C13H15N3O4. The first-order valence-corrected chi connectivity index (χ1v) is 6.10. The van der Waals surface area contributed by atoms with Crippen molar-refractivity contribution in [2.45, 2.75) is 19.9 Å². The molecule has 0 spiro atoms. The number of nitrogens with zero attached hydrogens (tertiary/aromatic N) is 3. The molecule has 1 N–H and O–H groups in total. The zero-order valence-corrected chi connectivity index (χ0v) is 11.1. The van der Waals surface area contributed by atoms with Crippen molar-refractivity contribution in [2.75, 3.05) is 13.1 Å². The van der Waals surface area contributed by atoms with E-state index < -0.39 is 16.6 Å². The zero-order chi connectivity index (χ0) is 15.1. The summed E-state index contributed by atoms with van der Waals surface area (Å²) in [7, 11) is 0. The van der Waals surface area contributed by atoms with Gasteiger partial charge in [0, 0.05) is 25.6 Å². The average Bonchev–Trinajstić information content (AvgIpc) is 2.42. The third-order valence-corrected chi connectivity index (χ3v) is 2.92. The summed E-state index contributed by atoms with van der Waals surface area (Å²) in [6, 6.07) is 6.23. The van der Waals surface area contributed by atoms with Crippen LogP contribution in [0, 0.1) is 21.4 Å². The fourth-order valence-corrected chi connectivity index (χ4v) is 1.92. The van der Waals surface area contributed by atoms with Gasteiger partial charge < -0.3 is 5.11 Å². The van der Waals surface area contributed by atoms with Gasteiger partial charge in [0.2, 0.25) is 0 Å². The third-order valence-electron chi connectivity index (χ3n) is 2.92. The average molecular weight is 277 g/mol. The Morgan fingerprint density at radius 3 is 2.75 bits per heavy atom. The number of nitriles is 1. The van der Waals surface area contributed by atoms with Crippen molar-refractivity contribution in [3.8, 4) is 6.07 Å². The quantitative estimate of drug-likeness (QED) is 0.603. The highest BCUT2D eigenvalue weighted by Crippen LogP contribution is 2.23. The smallest absolute Gasteiger partial charge is 0.343 e. The van der Waals surface area contributed by atoms with Crippen LogP contribution in [-0.4, -0.2) is 34.0 Å². The third kappa shape index (κ3) is 3.76. The summed E-state index contributed by atoms with van der Waals surface area (Å²) >= 11 is 0. The van der Waals surface area contributed by atoms with E-state index in [9.17, 15) is 20.0 Å². The molecule has 0 aromatic heterocycles. The van der Waals surface area contributed by atoms with Crippen molar-refractivity contribution >= 4 is 11.7 Å². The monoisotopic (exact) mass is 277 g/mol. The lowest BCUT2D eigenvalue weighted by Gasteiger charge is -2.19. The molecule has 0 unspecified atom stereocenters. The molecule has 0 aliphatic carbocycles. The predicted molar refractivity (Wildman–Crippen MR) is 71.2 cm³/mol. The van der Waals surface area contributed by atoms with Crippen LogP contribution in [-0.2, 0) is 6.54 Å². The maximum atomic E-state index is 11.3. The van der Waals surface area contributed by atoms with Gasteiger partial charge in [0.15, 0.2) is 0 Å². The highest BCUT2D eigenvalue weighted by molar-refractivity contribution is 5.94. The van der Waals surface area contributed by atoms with Crippen molar-refractivity contribution < 1.29 is 14.8 Å². The van der Waals surface area contributed by atoms with E-state index in [2.05, 4.69) is 0 Å². The zero-order valence-electron chi connectivity index (χ0n) is 11.1. The number of aromatic carboxylic acids is 1. The molecule has 7 nitrogen and oxygen atoms in total. The normalized spacial score (nSPS) is 10.2. The predicted octanol–water partition coefficient (Wildman–Crippen LogP) is 2.03. The summed E-state index contributed by atoms with van der Waals surface area (Å²) in [4.78, 5) is 23.3. The minimum Gasteiger partial charge on any atom is -0.477 e. The Balaban J connectivity index is 3.11. The number of hydrogen-bond acceptors (Lipinski definition) is 5. The second-order valence-electron chi connectivity index (χ2n) is 4.15. The summed E-state index contributed by atoms with van der Waals surface area (Å²) in [5.41, 5.74) is -0.314. The molecule has 0 saturated heterocycles. The highest BCUT2D eigenvalue weighted by Gasteiger charge is 2.24. The molecular weight excluding hydrogens is 262 g/mol. The van der Waals surface area contributed by atoms with Crippen molar-refractivity contribution in [3.05, 3.63) is 39.4 Å². The number of carboxylic acid groups (broad SMARTS) is 1. The van der Waals surface area contributed by atoms with Crippen LogP contribution in [0.1, 0.15) is 29.3 Å². The van der Waals surface area contributed by atoms with Crippen LogP contribution in [0.2, 0.25) is 0 Å². The Morgan fingerprint density at radius 2 is 2.25 bits per heavy atom. The first-order valence-electron chi connectivity index (χ1n) is 6.10. The highest BCUT2D eigenvalue weighted by atomic mass is 16.6. The molecule has 0 radical (unpaired) electrons. The molecule has 1 aromatic carbocycles. The molecule has 0 bridgehead atoms. The summed E-state index contributed by atoms with van der Waals surface area (Å²) in [6.45, 7) is 3.27. The Bertz CT molecular complexity index is 551. The van der Waals surface area contributed by atoms with Crippen LogP contribution in [0.5, 0.6) is 0 Å². The van der Waals surface area contributed by atoms with Crippen LogP contribution in [0.4, 0.5) is 5.69 Å². The van der Waals surface area contributed by atoms with Gasteiger partial charge in [0.05, 0.1) is 11.0 Å². The summed E-state index contributed by atoms with van der Waals surface area (Å²) in [6.07, 6.45) is 0.325. The lowest BCUT2D eigenvalue weighted by atomic mass is 10.0. The van der Waals surface area contributed by atoms with Crippen molar-refractivity contribution in [2.24, 2.45) is 0 Å². The van der Waals surface area contributed by atoms with Gasteiger partial charge in [0.25, 0.3) is 5.69 Å². The lowest BCUT2D eigenvalue weighted by Crippen LogP contribution is -2.25. The van der Waals surface area contributed by atoms with E-state index in [0.717, 1.165) is 0 Å². The Labute approximate surface area is 116 Å². The maximum absolute atomic E-state index is 11.3. The van der Waals surface area contributed by atoms with E-state index in [-0.39, 0.29) is 12.1 Å². The summed E-state index contributed by atoms with van der Waals surface area (Å²) in [5.74, 6) is -1.32. The Morgan fingerprint density at radius 1 is 1.55 bits per heavy atom. The number of carbonyl (C=O) groups is 1. The molecule has 1 aromatic rings. The van der Waals surface area contributed by atoms with E-state index in [1.54, 1.807) is 6.07 Å². The number of hydrogen-bond donors (Lipinski definition) is 1. The van der Waals surface area contributed by atoms with Crippen molar-refractivity contribution in [1.82, 2.24) is 4.90 Å². The minimum absolute atomic E-state index is 0.265. The molecule has 0 amide bonds. The van der Waals surface area contributed by atoms with Gasteiger partial charge >= 0.3 is 5.97 Å². The molecule has 0 atom stereocenters. The van der Waals surface area contributed by atoms with Crippen molar-refractivity contribution in [3.63, 3.8) is 0 Å². The molecule has 0 saturated carbocycles. The molecule has 20 heavy (non-hydrogen) atoms. The number of benzene rings is 1. The number of nitro benzene ring substituents is 1. The van der Waals surface area contributed by atoms with E-state index in [4.69, 9.17) is 5.26 Å². The molecule has 0 aliphatic rings. The summed E-state index contributed by atoms with van der Waals surface area (Å²) in [5, 5.41) is 28.6. The maximum Gasteiger partial charge on any atom is 0.343 e. The van der Waals surface area contributed by atoms with Crippen molar-refractivity contribution in [1.29, 1.82) is 5.26 Å². The molecule has 106 valence electrons. The minimum atomic E-state index is -1.32. The second-order valence-corrected chi connectivity index (χ2v) is 4.15. The van der Waals surface area contributed by atoms with Gasteiger partial charge in [-0.25, -0.2) is 4.79 Å². The lowest BCUT2D eigenvalue weighted by molar-refractivity contribution is -0.385. The molecule has 0 heterocycles. The number of carboxylic acids is 1. The van der Waals surface area contributed by atoms with Crippen LogP contribution < -0.4 is 0 Å². The molecule has 7 heteroatoms. The first kappa shape index (κ1) is 15.6. The van der Waals surface area contributed by atoms with E-state index in [0.29, 0.717) is 25.1 Å². The first-order chi connectivity index (χ1) is 9.51. The van der Waals surface area contributed by atoms with Crippen LogP contribution in [0.15, 0.2) is 18.2 Å². The van der Waals surface area contributed by atoms with Gasteiger partial charge in [0.1, 0.15) is 5.56 Å². The fourth-order valence-electron chi connectivity index (χ4n) is 1.92. The van der Waals surface area contributed by atoms with Gasteiger partial charge in [-0.2, -0.15) is 5.26 Å². The van der Waals surface area contributed by atoms with E-state index in [1.807, 2.05) is 17.9 Å². The summed E-state index contributed by atoms with van der Waals surface area (Å²) < 4.78 is 0. The Kier molecular flexibility index (Phi) is 5.62. The van der Waals surface area contributed by atoms with Crippen LogP contribution in [0.3, 0.4) is 0 Å². The van der Waals surface area contributed by atoms with E-state index >= 15 is 0 Å². The van der Waals surface area contributed by atoms with Gasteiger partial charge in [-0.15, -0.1) is 0 Å². The van der Waals surface area contributed by atoms with Gasteiger partial charge in [-0.05, 0) is 12.1 Å². The largest absolute Gasteiger partial charge is 0.477 e. The van der Waals surface area contributed by atoms with Crippen LogP contribution >= 0.6 is 0 Å². The van der Waals surface area contributed by atoms with Crippen LogP contribution in [0.25, 0.3) is 0 Å². The topological polar surface area (TPSA) is 107 Å². The number of rotatable bonds is 7. The molecule has 0 aliphatic heterocycles. The van der Waals surface area contributed by atoms with E-state index in [1.165, 1.54) is 12.1 Å². The SMILES string of the molecule is CCN(CCC#N)Cc1cccc([N+](=O)[O-])c1C(=O)O. The molecule has 0 fully saturated rings. The number of nitro groups is 1. The van der Waals surface area contributed by atoms with Gasteiger partial charge in [-0.1, -0.05) is 19.1 Å². The second kappa shape index (κ2) is 7.21. The van der Waals surface area contributed by atoms with Gasteiger partial charge in [-0.3, -0.25) is 15.0 Å². The molecule has 1 rings (SSSR count). The Hall–Kier alpha value is -2.46. The standard InChI is InChI=1S/C13H15N3O4/c1-2-15(8-4-7-14)9-10-5-3-6-11(16(19)20)12(10)13(17)18/h3,5-6H,2,4,8-9H2,1H3,(H,17,18). The fraction of sp³-hybridized carbons (Fsp3) is 0.385.